The average molecular weight is 513 g/mol. The van der Waals surface area contributed by atoms with Crippen molar-refractivity contribution in [3.63, 3.8) is 0 Å². The molecule has 3 N–H and O–H groups in total. The first-order valence-corrected chi connectivity index (χ1v) is 9.61. The average Bonchev–Trinajstić information content (AvgIpc) is 2.66. The minimum Gasteiger partial charge on any atom is -0.491 e. The van der Waals surface area contributed by atoms with Crippen molar-refractivity contribution in [1.82, 2.24) is 0 Å². The summed E-state index contributed by atoms with van der Waals surface area (Å²) in [5.41, 5.74) is 9.01. The Morgan fingerprint density at radius 2 is 1.83 bits per heavy atom. The molecule has 0 heterocycles. The van der Waals surface area contributed by atoms with Gasteiger partial charge in [0, 0.05) is 17.9 Å². The maximum absolute atomic E-state index is 6.04. The molecular weight excluding hydrogens is 481 g/mol. The van der Waals surface area contributed by atoms with Gasteiger partial charge >= 0.3 is 0 Å². The maximum atomic E-state index is 6.04. The van der Waals surface area contributed by atoms with Crippen LogP contribution in [0.5, 0.6) is 11.5 Å². The Kier molecular flexibility index (Phi) is 11.5. The molecule has 29 heavy (non-hydrogen) atoms. The number of aliphatic imine (C=N–C) groups is 1. The number of hydrogen-bond acceptors (Lipinski definition) is 4. The van der Waals surface area contributed by atoms with Crippen molar-refractivity contribution in [2.45, 2.75) is 40.3 Å². The molecule has 0 saturated carbocycles. The molecule has 0 bridgehead atoms. The van der Waals surface area contributed by atoms with Crippen molar-refractivity contribution in [2.24, 2.45) is 10.7 Å². The summed E-state index contributed by atoms with van der Waals surface area (Å²) in [5, 5.41) is 3.09. The molecule has 0 aliphatic rings. The highest BCUT2D eigenvalue weighted by Gasteiger charge is 2.05. The zero-order valence-corrected chi connectivity index (χ0v) is 19.9. The van der Waals surface area contributed by atoms with E-state index >= 15 is 0 Å². The summed E-state index contributed by atoms with van der Waals surface area (Å²) in [6.07, 6.45) is 0.143. The van der Waals surface area contributed by atoms with Crippen LogP contribution in [0.15, 0.2) is 47.5 Å². The van der Waals surface area contributed by atoms with E-state index in [0.29, 0.717) is 32.3 Å². The lowest BCUT2D eigenvalue weighted by molar-refractivity contribution is 0.110. The fourth-order valence-corrected chi connectivity index (χ4v) is 2.53. The predicted octanol–water partition coefficient (Wildman–Crippen LogP) is 4.74. The summed E-state index contributed by atoms with van der Waals surface area (Å²) >= 11 is 0. The second kappa shape index (κ2) is 13.3. The summed E-state index contributed by atoms with van der Waals surface area (Å²) in [6.45, 7) is 10.2. The number of ether oxygens (including phenoxy) is 3. The highest BCUT2D eigenvalue weighted by atomic mass is 127. The lowest BCUT2D eigenvalue weighted by Gasteiger charge is -2.12. The molecule has 0 unspecified atom stereocenters. The summed E-state index contributed by atoms with van der Waals surface area (Å²) < 4.78 is 16.8. The molecule has 0 aliphatic heterocycles. The molecule has 0 aromatic heterocycles. The SMILES string of the molecule is CCOCCOc1cc(C)ccc1CN=C(N)Nc1ccc(OC(C)C)cc1.I. The number of nitrogens with zero attached hydrogens (tertiary/aromatic N) is 1. The van der Waals surface area contributed by atoms with Crippen molar-refractivity contribution < 1.29 is 14.2 Å². The lowest BCUT2D eigenvalue weighted by atomic mass is 10.1. The molecule has 0 atom stereocenters. The van der Waals surface area contributed by atoms with Gasteiger partial charge in [0.2, 0.25) is 0 Å². The first-order valence-electron chi connectivity index (χ1n) is 9.61. The Bertz CT molecular complexity index is 764. The summed E-state index contributed by atoms with van der Waals surface area (Å²) in [6, 6.07) is 13.7. The van der Waals surface area contributed by atoms with Crippen molar-refractivity contribution in [1.29, 1.82) is 0 Å². The van der Waals surface area contributed by atoms with Crippen LogP contribution in [-0.4, -0.2) is 31.9 Å². The minimum absolute atomic E-state index is 0. The highest BCUT2D eigenvalue weighted by Crippen LogP contribution is 2.21. The summed E-state index contributed by atoms with van der Waals surface area (Å²) in [4.78, 5) is 4.44. The van der Waals surface area contributed by atoms with E-state index in [1.165, 1.54) is 0 Å². The Hall–Kier alpha value is -2.00. The van der Waals surface area contributed by atoms with Gasteiger partial charge in [-0.1, -0.05) is 12.1 Å². The highest BCUT2D eigenvalue weighted by molar-refractivity contribution is 14.0. The quantitative estimate of drug-likeness (QED) is 0.208. The molecule has 0 aliphatic carbocycles. The van der Waals surface area contributed by atoms with Gasteiger partial charge in [0.15, 0.2) is 5.96 Å². The Balaban J connectivity index is 0.00000420. The van der Waals surface area contributed by atoms with Crippen LogP contribution in [0.3, 0.4) is 0 Å². The van der Waals surface area contributed by atoms with Gasteiger partial charge in [0.25, 0.3) is 0 Å². The van der Waals surface area contributed by atoms with Crippen LogP contribution in [0, 0.1) is 6.92 Å². The molecule has 7 heteroatoms. The summed E-state index contributed by atoms with van der Waals surface area (Å²) in [7, 11) is 0. The summed E-state index contributed by atoms with van der Waals surface area (Å²) in [5.74, 6) is 1.98. The van der Waals surface area contributed by atoms with Crippen LogP contribution >= 0.6 is 24.0 Å². The third-order valence-electron chi connectivity index (χ3n) is 3.83. The van der Waals surface area contributed by atoms with E-state index in [-0.39, 0.29) is 30.1 Å². The number of nitrogens with one attached hydrogen (secondary N) is 1. The van der Waals surface area contributed by atoms with Gasteiger partial charge in [-0.05, 0) is 63.6 Å². The number of hydrogen-bond donors (Lipinski definition) is 2. The van der Waals surface area contributed by atoms with Crippen molar-refractivity contribution in [2.75, 3.05) is 25.1 Å². The first kappa shape index (κ1) is 25.0. The minimum atomic E-state index is 0. The number of guanidine groups is 1. The Morgan fingerprint density at radius 1 is 1.10 bits per heavy atom. The van der Waals surface area contributed by atoms with Crippen LogP contribution in [0.2, 0.25) is 0 Å². The van der Waals surface area contributed by atoms with Gasteiger partial charge in [0.05, 0.1) is 19.3 Å². The molecule has 0 fully saturated rings. The topological polar surface area (TPSA) is 78.1 Å². The van der Waals surface area contributed by atoms with Crippen LogP contribution < -0.4 is 20.5 Å². The molecule has 2 aromatic rings. The molecule has 6 nitrogen and oxygen atoms in total. The molecule has 0 saturated heterocycles. The molecular formula is C22H32IN3O3. The van der Waals surface area contributed by atoms with Crippen LogP contribution in [-0.2, 0) is 11.3 Å². The standard InChI is InChI=1S/C22H31N3O3.HI/c1-5-26-12-13-27-21-14-17(4)6-7-18(21)15-24-22(23)25-19-8-10-20(11-9-19)28-16(2)3;/h6-11,14,16H,5,12-13,15H2,1-4H3,(H3,23,24,25);1H. The van der Waals surface area contributed by atoms with E-state index in [4.69, 9.17) is 19.9 Å². The molecule has 2 aromatic carbocycles. The molecule has 0 amide bonds. The number of benzene rings is 2. The Morgan fingerprint density at radius 3 is 2.48 bits per heavy atom. The van der Waals surface area contributed by atoms with Gasteiger partial charge in [-0.25, -0.2) is 4.99 Å². The number of halogens is 1. The number of anilines is 1. The van der Waals surface area contributed by atoms with E-state index in [1.54, 1.807) is 0 Å². The van der Waals surface area contributed by atoms with Gasteiger partial charge in [-0.3, -0.25) is 0 Å². The Labute approximate surface area is 190 Å². The third kappa shape index (κ3) is 9.36. The van der Waals surface area contributed by atoms with E-state index in [1.807, 2.05) is 70.2 Å². The van der Waals surface area contributed by atoms with Gasteiger partial charge in [0.1, 0.15) is 18.1 Å². The number of rotatable bonds is 10. The van der Waals surface area contributed by atoms with Crippen LogP contribution in [0.25, 0.3) is 0 Å². The van der Waals surface area contributed by atoms with E-state index in [9.17, 15) is 0 Å². The zero-order valence-electron chi connectivity index (χ0n) is 17.6. The monoisotopic (exact) mass is 513 g/mol. The van der Waals surface area contributed by atoms with Crippen LogP contribution in [0.4, 0.5) is 5.69 Å². The molecule has 2 rings (SSSR count). The number of nitrogens with two attached hydrogens (primary N) is 1. The lowest BCUT2D eigenvalue weighted by Crippen LogP contribution is -2.22. The fraction of sp³-hybridized carbons (Fsp3) is 0.409. The maximum Gasteiger partial charge on any atom is 0.193 e. The van der Waals surface area contributed by atoms with Gasteiger partial charge < -0.3 is 25.3 Å². The molecule has 0 spiro atoms. The van der Waals surface area contributed by atoms with Crippen molar-refractivity contribution >= 4 is 35.6 Å². The van der Waals surface area contributed by atoms with E-state index in [2.05, 4.69) is 10.3 Å². The van der Waals surface area contributed by atoms with Crippen molar-refractivity contribution in [3.8, 4) is 11.5 Å². The number of aryl methyl sites for hydroxylation is 1. The van der Waals surface area contributed by atoms with Crippen LogP contribution in [0.1, 0.15) is 31.9 Å². The smallest absolute Gasteiger partial charge is 0.193 e. The van der Waals surface area contributed by atoms with E-state index < -0.39 is 0 Å². The molecule has 160 valence electrons. The van der Waals surface area contributed by atoms with Gasteiger partial charge in [-0.2, -0.15) is 0 Å². The second-order valence-electron chi connectivity index (χ2n) is 6.67. The fourth-order valence-electron chi connectivity index (χ4n) is 2.53. The zero-order chi connectivity index (χ0) is 20.4. The third-order valence-corrected chi connectivity index (χ3v) is 3.83. The van der Waals surface area contributed by atoms with Crippen molar-refractivity contribution in [3.05, 3.63) is 53.6 Å². The largest absolute Gasteiger partial charge is 0.491 e. The normalized spacial score (nSPS) is 11.1. The first-order chi connectivity index (χ1) is 13.5. The van der Waals surface area contributed by atoms with Gasteiger partial charge in [-0.15, -0.1) is 24.0 Å². The second-order valence-corrected chi connectivity index (χ2v) is 6.67. The predicted molar refractivity (Wildman–Crippen MR) is 130 cm³/mol. The van der Waals surface area contributed by atoms with E-state index in [0.717, 1.165) is 28.3 Å². The molecule has 0 radical (unpaired) electrons.